The van der Waals surface area contributed by atoms with Crippen LogP contribution in [0.25, 0.3) is 6.08 Å². The molecule has 0 atom stereocenters. The molecule has 0 unspecified atom stereocenters. The number of allylic oxidation sites excluding steroid dienone is 1. The SMILES string of the molecule is C/C=C/c1ccc(OCC(=O)NC2CCN(c3ccc(OC)cc3)CC2)c(OC)c1. The second-order valence-electron chi connectivity index (χ2n) is 7.23. The van der Waals surface area contributed by atoms with Gasteiger partial charge in [0, 0.05) is 24.8 Å². The fraction of sp³-hybridized carbons (Fsp3) is 0.375. The highest BCUT2D eigenvalue weighted by molar-refractivity contribution is 5.78. The minimum Gasteiger partial charge on any atom is -0.497 e. The summed E-state index contributed by atoms with van der Waals surface area (Å²) in [5, 5.41) is 3.09. The van der Waals surface area contributed by atoms with E-state index in [1.807, 2.05) is 49.4 Å². The Balaban J connectivity index is 1.46. The normalized spacial score (nSPS) is 14.6. The van der Waals surface area contributed by atoms with E-state index < -0.39 is 0 Å². The molecule has 1 aliphatic heterocycles. The standard InChI is InChI=1S/C24H30N2O4/c1-4-5-18-6-11-22(23(16-18)29-3)30-17-24(27)25-19-12-14-26(15-13-19)20-7-9-21(28-2)10-8-20/h4-11,16,19H,12-15,17H2,1-3H3,(H,25,27)/b5-4+. The largest absolute Gasteiger partial charge is 0.497 e. The van der Waals surface area contributed by atoms with Crippen molar-refractivity contribution in [3.8, 4) is 17.2 Å². The minimum atomic E-state index is -0.113. The van der Waals surface area contributed by atoms with Gasteiger partial charge in [-0.3, -0.25) is 4.79 Å². The maximum absolute atomic E-state index is 12.4. The van der Waals surface area contributed by atoms with E-state index in [-0.39, 0.29) is 18.6 Å². The molecule has 0 saturated carbocycles. The van der Waals surface area contributed by atoms with Gasteiger partial charge in [0.05, 0.1) is 14.2 Å². The van der Waals surface area contributed by atoms with Gasteiger partial charge in [-0.15, -0.1) is 0 Å². The summed E-state index contributed by atoms with van der Waals surface area (Å²) in [6.45, 7) is 3.73. The molecule has 3 rings (SSSR count). The first kappa shape index (κ1) is 21.6. The molecule has 1 heterocycles. The number of carbonyl (C=O) groups is 1. The summed E-state index contributed by atoms with van der Waals surface area (Å²) in [5.74, 6) is 1.92. The van der Waals surface area contributed by atoms with Crippen LogP contribution in [0.1, 0.15) is 25.3 Å². The average molecular weight is 411 g/mol. The van der Waals surface area contributed by atoms with Crippen LogP contribution >= 0.6 is 0 Å². The molecule has 6 nitrogen and oxygen atoms in total. The van der Waals surface area contributed by atoms with Gasteiger partial charge in [0.2, 0.25) is 0 Å². The lowest BCUT2D eigenvalue weighted by Gasteiger charge is -2.34. The Bertz CT molecular complexity index is 856. The smallest absolute Gasteiger partial charge is 0.258 e. The van der Waals surface area contributed by atoms with Crippen molar-refractivity contribution in [3.05, 3.63) is 54.1 Å². The van der Waals surface area contributed by atoms with Gasteiger partial charge < -0.3 is 24.4 Å². The van der Waals surface area contributed by atoms with Crippen molar-refractivity contribution < 1.29 is 19.0 Å². The molecule has 2 aromatic carbocycles. The number of methoxy groups -OCH3 is 2. The Morgan fingerprint density at radius 3 is 2.43 bits per heavy atom. The molecule has 1 saturated heterocycles. The van der Waals surface area contributed by atoms with Gasteiger partial charge >= 0.3 is 0 Å². The van der Waals surface area contributed by atoms with Gasteiger partial charge in [0.25, 0.3) is 5.91 Å². The molecule has 1 aliphatic rings. The molecule has 1 N–H and O–H groups in total. The fourth-order valence-corrected chi connectivity index (χ4v) is 3.59. The molecule has 1 amide bonds. The predicted molar refractivity (Wildman–Crippen MR) is 120 cm³/mol. The van der Waals surface area contributed by atoms with Gasteiger partial charge in [0.15, 0.2) is 18.1 Å². The zero-order valence-corrected chi connectivity index (χ0v) is 17.9. The molecule has 0 spiro atoms. The third-order valence-electron chi connectivity index (χ3n) is 5.20. The maximum atomic E-state index is 12.4. The maximum Gasteiger partial charge on any atom is 0.258 e. The summed E-state index contributed by atoms with van der Waals surface area (Å²) in [7, 11) is 3.26. The van der Waals surface area contributed by atoms with Crippen LogP contribution in [0.4, 0.5) is 5.69 Å². The van der Waals surface area contributed by atoms with E-state index >= 15 is 0 Å². The lowest BCUT2D eigenvalue weighted by Crippen LogP contribution is -2.46. The Kier molecular flexibility index (Phi) is 7.60. The molecule has 1 fully saturated rings. The van der Waals surface area contributed by atoms with Crippen molar-refractivity contribution >= 4 is 17.7 Å². The van der Waals surface area contributed by atoms with Crippen molar-refractivity contribution in [1.82, 2.24) is 5.32 Å². The highest BCUT2D eigenvalue weighted by Crippen LogP contribution is 2.28. The van der Waals surface area contributed by atoms with Crippen LogP contribution in [0.3, 0.4) is 0 Å². The molecule has 0 aromatic heterocycles. The first-order valence-corrected chi connectivity index (χ1v) is 10.2. The first-order chi connectivity index (χ1) is 14.6. The predicted octanol–water partition coefficient (Wildman–Crippen LogP) is 3.90. The van der Waals surface area contributed by atoms with Crippen molar-refractivity contribution in [2.75, 3.05) is 38.8 Å². The number of carbonyl (C=O) groups excluding carboxylic acids is 1. The summed E-state index contributed by atoms with van der Waals surface area (Å²) in [5.41, 5.74) is 2.20. The quantitative estimate of drug-likeness (QED) is 0.715. The molecule has 0 aliphatic carbocycles. The van der Waals surface area contributed by atoms with E-state index in [4.69, 9.17) is 14.2 Å². The molecule has 160 valence electrons. The summed E-state index contributed by atoms with van der Waals surface area (Å²) in [6.07, 6.45) is 5.75. The van der Waals surface area contributed by atoms with Gasteiger partial charge in [-0.25, -0.2) is 0 Å². The van der Waals surface area contributed by atoms with E-state index in [9.17, 15) is 4.79 Å². The van der Waals surface area contributed by atoms with Crippen LogP contribution in [0.15, 0.2) is 48.5 Å². The second kappa shape index (κ2) is 10.6. The lowest BCUT2D eigenvalue weighted by atomic mass is 10.0. The van der Waals surface area contributed by atoms with Crippen LogP contribution in [0.5, 0.6) is 17.2 Å². The topological polar surface area (TPSA) is 60.0 Å². The number of nitrogens with zero attached hydrogens (tertiary/aromatic N) is 1. The molecule has 6 heteroatoms. The summed E-state index contributed by atoms with van der Waals surface area (Å²) >= 11 is 0. The van der Waals surface area contributed by atoms with E-state index in [1.54, 1.807) is 14.2 Å². The number of nitrogens with one attached hydrogen (secondary N) is 1. The lowest BCUT2D eigenvalue weighted by molar-refractivity contribution is -0.123. The molecule has 0 bridgehead atoms. The number of ether oxygens (including phenoxy) is 3. The van der Waals surface area contributed by atoms with Crippen LogP contribution in [-0.4, -0.2) is 45.9 Å². The Morgan fingerprint density at radius 1 is 1.07 bits per heavy atom. The summed E-state index contributed by atoms with van der Waals surface area (Å²) < 4.78 is 16.3. The number of hydrogen-bond donors (Lipinski definition) is 1. The van der Waals surface area contributed by atoms with E-state index in [2.05, 4.69) is 22.3 Å². The third kappa shape index (κ3) is 5.69. The van der Waals surface area contributed by atoms with E-state index in [0.29, 0.717) is 11.5 Å². The van der Waals surface area contributed by atoms with Crippen molar-refractivity contribution in [2.24, 2.45) is 0 Å². The number of hydrogen-bond acceptors (Lipinski definition) is 5. The van der Waals surface area contributed by atoms with Crippen LogP contribution in [-0.2, 0) is 4.79 Å². The van der Waals surface area contributed by atoms with E-state index in [1.165, 1.54) is 5.69 Å². The van der Waals surface area contributed by atoms with Crippen molar-refractivity contribution in [2.45, 2.75) is 25.8 Å². The van der Waals surface area contributed by atoms with Gasteiger partial charge in [-0.1, -0.05) is 18.2 Å². The zero-order valence-electron chi connectivity index (χ0n) is 17.9. The van der Waals surface area contributed by atoms with Gasteiger partial charge in [-0.2, -0.15) is 0 Å². The molecule has 0 radical (unpaired) electrons. The van der Waals surface area contributed by atoms with Crippen LogP contribution in [0, 0.1) is 0 Å². The summed E-state index contributed by atoms with van der Waals surface area (Å²) in [6, 6.07) is 13.9. The summed E-state index contributed by atoms with van der Waals surface area (Å²) in [4.78, 5) is 14.7. The van der Waals surface area contributed by atoms with Crippen LogP contribution < -0.4 is 24.4 Å². The first-order valence-electron chi connectivity index (χ1n) is 10.2. The molecule has 2 aromatic rings. The fourth-order valence-electron chi connectivity index (χ4n) is 3.59. The monoisotopic (exact) mass is 410 g/mol. The highest BCUT2D eigenvalue weighted by Gasteiger charge is 2.21. The molecule has 30 heavy (non-hydrogen) atoms. The second-order valence-corrected chi connectivity index (χ2v) is 7.23. The van der Waals surface area contributed by atoms with E-state index in [0.717, 1.165) is 37.2 Å². The number of anilines is 1. The van der Waals surface area contributed by atoms with Crippen molar-refractivity contribution in [1.29, 1.82) is 0 Å². The van der Waals surface area contributed by atoms with Crippen LogP contribution in [0.2, 0.25) is 0 Å². The minimum absolute atomic E-state index is 0.0297. The zero-order chi connectivity index (χ0) is 21.3. The number of rotatable bonds is 8. The number of piperidine rings is 1. The average Bonchev–Trinajstić information content (AvgIpc) is 2.79. The Morgan fingerprint density at radius 2 is 1.80 bits per heavy atom. The van der Waals surface area contributed by atoms with Gasteiger partial charge in [0.1, 0.15) is 5.75 Å². The highest BCUT2D eigenvalue weighted by atomic mass is 16.5. The molecular weight excluding hydrogens is 380 g/mol. The number of amides is 1. The van der Waals surface area contributed by atoms with Gasteiger partial charge in [-0.05, 0) is 61.7 Å². The third-order valence-corrected chi connectivity index (χ3v) is 5.20. The van der Waals surface area contributed by atoms with Crippen molar-refractivity contribution in [3.63, 3.8) is 0 Å². The number of benzene rings is 2. The Hall–Kier alpha value is -3.15. The molecular formula is C24H30N2O4. The Labute approximate surface area is 178 Å².